The van der Waals surface area contributed by atoms with Crippen LogP contribution in [0.2, 0.25) is 5.02 Å². The van der Waals surface area contributed by atoms with Gasteiger partial charge in [0.25, 0.3) is 0 Å². The number of carbonyl (C=O) groups is 3. The molecule has 0 aliphatic carbocycles. The van der Waals surface area contributed by atoms with Crippen LogP contribution in [0.5, 0.6) is 0 Å². The van der Waals surface area contributed by atoms with Crippen LogP contribution in [0.3, 0.4) is 0 Å². The van der Waals surface area contributed by atoms with Gasteiger partial charge in [-0.05, 0) is 29.8 Å². The molecule has 2 aromatic carbocycles. The number of carbonyl (C=O) groups excluding carboxylic acids is 3. The van der Waals surface area contributed by atoms with Crippen molar-refractivity contribution in [3.63, 3.8) is 0 Å². The van der Waals surface area contributed by atoms with Crippen molar-refractivity contribution in [2.45, 2.75) is 12.5 Å². The van der Waals surface area contributed by atoms with E-state index in [9.17, 15) is 14.4 Å². The summed E-state index contributed by atoms with van der Waals surface area (Å²) in [5.74, 6) is -1.72. The molecule has 0 aromatic heterocycles. The lowest BCUT2D eigenvalue weighted by Crippen LogP contribution is -2.41. The third-order valence-electron chi connectivity index (χ3n) is 4.34. The third-order valence-corrected chi connectivity index (χ3v) is 4.59. The number of hydrogen-bond donors (Lipinski definition) is 2. The van der Waals surface area contributed by atoms with Crippen LogP contribution >= 0.6 is 11.6 Å². The fourth-order valence-electron chi connectivity index (χ4n) is 2.98. The van der Waals surface area contributed by atoms with Gasteiger partial charge in [-0.1, -0.05) is 41.9 Å². The molecule has 1 saturated heterocycles. The van der Waals surface area contributed by atoms with E-state index in [2.05, 4.69) is 5.32 Å². The van der Waals surface area contributed by atoms with Crippen molar-refractivity contribution in [2.75, 3.05) is 11.4 Å². The summed E-state index contributed by atoms with van der Waals surface area (Å²) in [5.41, 5.74) is 6.72. The molecule has 3 N–H and O–H groups in total. The zero-order valence-corrected chi connectivity index (χ0v) is 14.6. The zero-order chi connectivity index (χ0) is 18.7. The molecule has 1 aliphatic rings. The average molecular weight is 372 g/mol. The number of nitrogens with zero attached hydrogens (tertiary/aromatic N) is 1. The molecule has 0 bridgehead atoms. The van der Waals surface area contributed by atoms with Crippen molar-refractivity contribution in [1.29, 1.82) is 0 Å². The summed E-state index contributed by atoms with van der Waals surface area (Å²) in [4.78, 5) is 38.2. The van der Waals surface area contributed by atoms with E-state index in [1.54, 1.807) is 53.4 Å². The first-order chi connectivity index (χ1) is 12.5. The van der Waals surface area contributed by atoms with Crippen LogP contribution in [0.1, 0.15) is 18.0 Å². The molecule has 1 fully saturated rings. The SMILES string of the molecule is NC(=O)C(NC(=O)C1CC(=O)N(c2ccc(Cl)cc2)C1)c1ccccc1. The standard InChI is InChI=1S/C19H18ClN3O3/c20-14-6-8-15(9-7-14)23-11-13(10-16(23)24)19(26)22-17(18(21)25)12-4-2-1-3-5-12/h1-9,13,17H,10-11H2,(H2,21,25)(H,22,26). The van der Waals surface area contributed by atoms with Gasteiger partial charge in [0.05, 0.1) is 5.92 Å². The van der Waals surface area contributed by atoms with E-state index in [1.807, 2.05) is 6.07 Å². The van der Waals surface area contributed by atoms with Crippen LogP contribution in [0.15, 0.2) is 54.6 Å². The molecule has 6 nitrogen and oxygen atoms in total. The van der Waals surface area contributed by atoms with Gasteiger partial charge in [0, 0.05) is 23.7 Å². The Labute approximate surface area is 155 Å². The highest BCUT2D eigenvalue weighted by atomic mass is 35.5. The number of nitrogens with two attached hydrogens (primary N) is 1. The molecule has 2 unspecified atom stereocenters. The molecule has 2 atom stereocenters. The summed E-state index contributed by atoms with van der Waals surface area (Å²) in [7, 11) is 0. The number of anilines is 1. The van der Waals surface area contributed by atoms with Crippen molar-refractivity contribution in [1.82, 2.24) is 5.32 Å². The smallest absolute Gasteiger partial charge is 0.244 e. The molecule has 7 heteroatoms. The quantitative estimate of drug-likeness (QED) is 0.842. The molecule has 26 heavy (non-hydrogen) atoms. The second-order valence-corrected chi connectivity index (χ2v) is 6.57. The fraction of sp³-hybridized carbons (Fsp3) is 0.211. The maximum atomic E-state index is 12.6. The molecule has 0 saturated carbocycles. The van der Waals surface area contributed by atoms with Crippen molar-refractivity contribution >= 4 is 35.0 Å². The minimum Gasteiger partial charge on any atom is -0.368 e. The lowest BCUT2D eigenvalue weighted by molar-refractivity contribution is -0.130. The lowest BCUT2D eigenvalue weighted by atomic mass is 10.0. The fourth-order valence-corrected chi connectivity index (χ4v) is 3.10. The van der Waals surface area contributed by atoms with Gasteiger partial charge in [-0.25, -0.2) is 0 Å². The highest BCUT2D eigenvalue weighted by Crippen LogP contribution is 2.27. The number of primary amides is 1. The molecule has 0 radical (unpaired) electrons. The summed E-state index contributed by atoms with van der Waals surface area (Å²) < 4.78 is 0. The Morgan fingerprint density at radius 3 is 2.38 bits per heavy atom. The number of nitrogens with one attached hydrogen (secondary N) is 1. The van der Waals surface area contributed by atoms with Crippen LogP contribution in [0.4, 0.5) is 5.69 Å². The van der Waals surface area contributed by atoms with Gasteiger partial charge < -0.3 is 16.0 Å². The van der Waals surface area contributed by atoms with E-state index in [4.69, 9.17) is 17.3 Å². The topological polar surface area (TPSA) is 92.5 Å². The summed E-state index contributed by atoms with van der Waals surface area (Å²) >= 11 is 5.87. The lowest BCUT2D eigenvalue weighted by Gasteiger charge is -2.19. The zero-order valence-electron chi connectivity index (χ0n) is 13.9. The molecular weight excluding hydrogens is 354 g/mol. The third kappa shape index (κ3) is 3.86. The van der Waals surface area contributed by atoms with Gasteiger partial charge in [-0.15, -0.1) is 0 Å². The molecular formula is C19H18ClN3O3. The normalized spacial score (nSPS) is 17.8. The predicted molar refractivity (Wildman–Crippen MR) is 98.4 cm³/mol. The maximum Gasteiger partial charge on any atom is 0.244 e. The Morgan fingerprint density at radius 2 is 1.77 bits per heavy atom. The number of benzene rings is 2. The molecule has 3 amide bonds. The molecule has 2 aromatic rings. The average Bonchev–Trinajstić information content (AvgIpc) is 3.02. The van der Waals surface area contributed by atoms with Gasteiger partial charge in [0.2, 0.25) is 17.7 Å². The molecule has 1 heterocycles. The van der Waals surface area contributed by atoms with Gasteiger partial charge >= 0.3 is 0 Å². The second kappa shape index (κ2) is 7.58. The Hall–Kier alpha value is -2.86. The number of amides is 3. The Kier molecular flexibility index (Phi) is 5.23. The van der Waals surface area contributed by atoms with Crippen LogP contribution in [0, 0.1) is 5.92 Å². The monoisotopic (exact) mass is 371 g/mol. The number of hydrogen-bond acceptors (Lipinski definition) is 3. The van der Waals surface area contributed by atoms with Crippen molar-refractivity contribution in [3.8, 4) is 0 Å². The van der Waals surface area contributed by atoms with E-state index in [-0.39, 0.29) is 24.8 Å². The van der Waals surface area contributed by atoms with Crippen LogP contribution in [-0.2, 0) is 14.4 Å². The Morgan fingerprint density at radius 1 is 1.12 bits per heavy atom. The van der Waals surface area contributed by atoms with E-state index in [1.165, 1.54) is 0 Å². The van der Waals surface area contributed by atoms with Gasteiger partial charge in [-0.2, -0.15) is 0 Å². The summed E-state index contributed by atoms with van der Waals surface area (Å²) in [6.07, 6.45) is 0.0781. The van der Waals surface area contributed by atoms with Gasteiger partial charge in [-0.3, -0.25) is 14.4 Å². The molecule has 0 spiro atoms. The Bertz CT molecular complexity index is 824. The second-order valence-electron chi connectivity index (χ2n) is 6.14. The summed E-state index contributed by atoms with van der Waals surface area (Å²) in [6.45, 7) is 0.243. The van der Waals surface area contributed by atoms with Crippen molar-refractivity contribution < 1.29 is 14.4 Å². The van der Waals surface area contributed by atoms with E-state index in [0.717, 1.165) is 0 Å². The van der Waals surface area contributed by atoms with Crippen molar-refractivity contribution in [2.24, 2.45) is 11.7 Å². The van der Waals surface area contributed by atoms with Crippen LogP contribution in [0.25, 0.3) is 0 Å². The van der Waals surface area contributed by atoms with Crippen LogP contribution in [-0.4, -0.2) is 24.3 Å². The van der Waals surface area contributed by atoms with E-state index >= 15 is 0 Å². The number of rotatable bonds is 5. The highest BCUT2D eigenvalue weighted by molar-refractivity contribution is 6.30. The van der Waals surface area contributed by atoms with Crippen LogP contribution < -0.4 is 16.0 Å². The van der Waals surface area contributed by atoms with E-state index < -0.39 is 17.9 Å². The summed E-state index contributed by atoms with van der Waals surface area (Å²) in [6, 6.07) is 14.7. The maximum absolute atomic E-state index is 12.6. The first-order valence-electron chi connectivity index (χ1n) is 8.16. The largest absolute Gasteiger partial charge is 0.368 e. The molecule has 134 valence electrons. The molecule has 3 rings (SSSR count). The van der Waals surface area contributed by atoms with Gasteiger partial charge in [0.15, 0.2) is 0 Å². The number of halogens is 1. The predicted octanol–water partition coefficient (Wildman–Crippen LogP) is 2.04. The highest BCUT2D eigenvalue weighted by Gasteiger charge is 2.36. The van der Waals surface area contributed by atoms with Crippen molar-refractivity contribution in [3.05, 3.63) is 65.2 Å². The summed E-state index contributed by atoms with van der Waals surface area (Å²) in [5, 5.41) is 3.23. The first kappa shape index (κ1) is 17.9. The van der Waals surface area contributed by atoms with E-state index in [0.29, 0.717) is 16.3 Å². The minimum absolute atomic E-state index is 0.0781. The van der Waals surface area contributed by atoms with Gasteiger partial charge in [0.1, 0.15) is 6.04 Å². The first-order valence-corrected chi connectivity index (χ1v) is 8.54. The minimum atomic E-state index is -0.927. The molecule has 1 aliphatic heterocycles. The Balaban J connectivity index is 1.71.